The van der Waals surface area contributed by atoms with E-state index in [4.69, 9.17) is 9.84 Å². The molecule has 0 aliphatic rings. The summed E-state index contributed by atoms with van der Waals surface area (Å²) in [4.78, 5) is 0. The van der Waals surface area contributed by atoms with Crippen molar-refractivity contribution in [2.24, 2.45) is 0 Å². The molecule has 2 rings (SSSR count). The largest absolute Gasteiger partial charge is 0.494 e. The Balaban J connectivity index is 2.19. The molecule has 2 aromatic carbocycles. The number of benzene rings is 2. The van der Waals surface area contributed by atoms with Gasteiger partial charge in [0.2, 0.25) is 0 Å². The van der Waals surface area contributed by atoms with E-state index in [1.807, 2.05) is 36.4 Å². The lowest BCUT2D eigenvalue weighted by molar-refractivity contribution is 0.282. The van der Waals surface area contributed by atoms with E-state index >= 15 is 0 Å². The fourth-order valence-corrected chi connectivity index (χ4v) is 1.80. The van der Waals surface area contributed by atoms with Gasteiger partial charge in [-0.15, -0.1) is 0 Å². The van der Waals surface area contributed by atoms with Crippen LogP contribution in [0.5, 0.6) is 5.75 Å². The third kappa shape index (κ3) is 2.98. The lowest BCUT2D eigenvalue weighted by Gasteiger charge is -2.07. The van der Waals surface area contributed by atoms with Crippen LogP contribution >= 0.6 is 0 Å². The van der Waals surface area contributed by atoms with Crippen molar-refractivity contribution in [3.8, 4) is 5.75 Å². The lowest BCUT2D eigenvalue weighted by Crippen LogP contribution is -1.96. The second kappa shape index (κ2) is 5.69. The summed E-state index contributed by atoms with van der Waals surface area (Å²) in [5, 5.41) is 11.4. The Kier molecular flexibility index (Phi) is 3.99. The summed E-state index contributed by atoms with van der Waals surface area (Å²) in [6.45, 7) is 3.02. The van der Waals surface area contributed by atoms with Gasteiger partial charge in [-0.05, 0) is 41.0 Å². The first kappa shape index (κ1) is 11.9. The highest BCUT2D eigenvalue weighted by molar-refractivity contribution is 5.84. The predicted octanol–water partition coefficient (Wildman–Crippen LogP) is 3.51. The van der Waals surface area contributed by atoms with Crippen LogP contribution < -0.4 is 4.74 Å². The first-order valence-corrected chi connectivity index (χ1v) is 6.10. The van der Waals surface area contributed by atoms with E-state index in [0.717, 1.165) is 41.5 Å². The van der Waals surface area contributed by atoms with Crippen LogP contribution in [0.25, 0.3) is 10.8 Å². The average Bonchev–Trinajstić information content (AvgIpc) is 2.38. The lowest BCUT2D eigenvalue weighted by atomic mass is 10.1. The second-order valence-electron chi connectivity index (χ2n) is 4.20. The molecular weight excluding hydrogens is 212 g/mol. The molecular formula is C15H18O2. The second-order valence-corrected chi connectivity index (χ2v) is 4.20. The fourth-order valence-electron chi connectivity index (χ4n) is 1.80. The molecule has 0 saturated heterocycles. The smallest absolute Gasteiger partial charge is 0.119 e. The normalized spacial score (nSPS) is 10.7. The van der Waals surface area contributed by atoms with Crippen LogP contribution in [-0.2, 0) is 6.61 Å². The number of fused-ring (bicyclic) bond motifs is 1. The maximum absolute atomic E-state index is 9.07. The van der Waals surface area contributed by atoms with Crippen LogP contribution in [0.3, 0.4) is 0 Å². The summed E-state index contributed by atoms with van der Waals surface area (Å²) in [5.41, 5.74) is 0.942. The van der Waals surface area contributed by atoms with Gasteiger partial charge in [0.05, 0.1) is 13.2 Å². The molecule has 0 heterocycles. The van der Waals surface area contributed by atoms with Crippen molar-refractivity contribution in [3.63, 3.8) is 0 Å². The van der Waals surface area contributed by atoms with Crippen LogP contribution in [-0.4, -0.2) is 11.7 Å². The Morgan fingerprint density at radius 3 is 2.59 bits per heavy atom. The monoisotopic (exact) mass is 230 g/mol. The minimum absolute atomic E-state index is 0.0880. The number of aliphatic hydroxyl groups excluding tert-OH is 1. The molecule has 0 spiro atoms. The Morgan fingerprint density at radius 2 is 1.82 bits per heavy atom. The number of rotatable bonds is 5. The van der Waals surface area contributed by atoms with Crippen LogP contribution in [0.2, 0.25) is 0 Å². The molecule has 90 valence electrons. The minimum atomic E-state index is 0.0880. The Labute approximate surface area is 102 Å². The van der Waals surface area contributed by atoms with E-state index in [9.17, 15) is 0 Å². The maximum atomic E-state index is 9.07. The molecule has 1 N–H and O–H groups in total. The molecule has 2 nitrogen and oxygen atoms in total. The molecule has 0 saturated carbocycles. The highest BCUT2D eigenvalue weighted by Crippen LogP contribution is 2.22. The molecule has 0 radical (unpaired) electrons. The van der Waals surface area contributed by atoms with Gasteiger partial charge in [0.25, 0.3) is 0 Å². The van der Waals surface area contributed by atoms with E-state index in [0.29, 0.717) is 0 Å². The molecule has 0 aliphatic carbocycles. The number of unbranched alkanes of at least 4 members (excludes halogenated alkanes) is 1. The third-order valence-electron chi connectivity index (χ3n) is 2.83. The molecule has 0 unspecified atom stereocenters. The van der Waals surface area contributed by atoms with Gasteiger partial charge in [-0.2, -0.15) is 0 Å². The highest BCUT2D eigenvalue weighted by Gasteiger charge is 1.99. The molecule has 0 aromatic heterocycles. The number of ether oxygens (including phenoxy) is 1. The topological polar surface area (TPSA) is 29.5 Å². The Hall–Kier alpha value is -1.54. The van der Waals surface area contributed by atoms with Gasteiger partial charge in [0, 0.05) is 0 Å². The van der Waals surface area contributed by atoms with Crippen molar-refractivity contribution < 1.29 is 9.84 Å². The number of hydrogen-bond acceptors (Lipinski definition) is 2. The molecule has 0 bridgehead atoms. The van der Waals surface area contributed by atoms with Crippen molar-refractivity contribution in [1.29, 1.82) is 0 Å². The molecule has 0 atom stereocenters. The molecule has 17 heavy (non-hydrogen) atoms. The summed E-state index contributed by atoms with van der Waals surface area (Å²) in [6, 6.07) is 12.0. The summed E-state index contributed by atoms with van der Waals surface area (Å²) < 4.78 is 5.66. The third-order valence-corrected chi connectivity index (χ3v) is 2.83. The van der Waals surface area contributed by atoms with Crippen molar-refractivity contribution in [1.82, 2.24) is 0 Å². The molecule has 2 aromatic rings. The summed E-state index contributed by atoms with van der Waals surface area (Å²) in [7, 11) is 0. The van der Waals surface area contributed by atoms with Gasteiger partial charge in [0.15, 0.2) is 0 Å². The summed E-state index contributed by atoms with van der Waals surface area (Å²) in [6.07, 6.45) is 2.23. The Bertz CT molecular complexity index is 491. The Morgan fingerprint density at radius 1 is 1.06 bits per heavy atom. The highest BCUT2D eigenvalue weighted by atomic mass is 16.5. The average molecular weight is 230 g/mol. The van der Waals surface area contributed by atoms with Crippen molar-refractivity contribution in [2.75, 3.05) is 6.61 Å². The van der Waals surface area contributed by atoms with E-state index < -0.39 is 0 Å². The molecule has 0 amide bonds. The van der Waals surface area contributed by atoms with Gasteiger partial charge >= 0.3 is 0 Å². The van der Waals surface area contributed by atoms with Crippen LogP contribution in [0.1, 0.15) is 25.3 Å². The molecule has 0 fully saturated rings. The molecule has 0 aliphatic heterocycles. The molecule has 2 heteroatoms. The van der Waals surface area contributed by atoms with E-state index in [2.05, 4.69) is 6.92 Å². The fraction of sp³-hybridized carbons (Fsp3) is 0.333. The SMILES string of the molecule is CCCCOc1ccc2cc(CO)ccc2c1. The zero-order valence-electron chi connectivity index (χ0n) is 10.1. The zero-order valence-corrected chi connectivity index (χ0v) is 10.1. The van der Waals surface area contributed by atoms with Gasteiger partial charge in [0.1, 0.15) is 5.75 Å². The van der Waals surface area contributed by atoms with Crippen LogP contribution in [0.15, 0.2) is 36.4 Å². The van der Waals surface area contributed by atoms with Crippen molar-refractivity contribution in [2.45, 2.75) is 26.4 Å². The quantitative estimate of drug-likeness (QED) is 0.796. The van der Waals surface area contributed by atoms with Crippen LogP contribution in [0, 0.1) is 0 Å². The minimum Gasteiger partial charge on any atom is -0.494 e. The first-order valence-electron chi connectivity index (χ1n) is 6.10. The summed E-state index contributed by atoms with van der Waals surface area (Å²) in [5.74, 6) is 0.919. The van der Waals surface area contributed by atoms with Gasteiger partial charge in [-0.25, -0.2) is 0 Å². The number of aliphatic hydroxyl groups is 1. The predicted molar refractivity (Wildman–Crippen MR) is 70.3 cm³/mol. The van der Waals surface area contributed by atoms with Crippen molar-refractivity contribution >= 4 is 10.8 Å². The standard InChI is InChI=1S/C15H18O2/c1-2-3-8-17-15-7-6-13-9-12(11-16)4-5-14(13)10-15/h4-7,9-10,16H,2-3,8,11H2,1H3. The zero-order chi connectivity index (χ0) is 12.1. The van der Waals surface area contributed by atoms with Crippen LogP contribution in [0.4, 0.5) is 0 Å². The van der Waals surface area contributed by atoms with Crippen molar-refractivity contribution in [3.05, 3.63) is 42.0 Å². The van der Waals surface area contributed by atoms with E-state index in [1.165, 1.54) is 0 Å². The number of hydrogen-bond donors (Lipinski definition) is 1. The van der Waals surface area contributed by atoms with E-state index in [1.54, 1.807) is 0 Å². The first-order chi connectivity index (χ1) is 8.33. The van der Waals surface area contributed by atoms with E-state index in [-0.39, 0.29) is 6.61 Å². The van der Waals surface area contributed by atoms with Gasteiger partial charge < -0.3 is 9.84 Å². The maximum Gasteiger partial charge on any atom is 0.119 e. The summed E-state index contributed by atoms with van der Waals surface area (Å²) >= 11 is 0. The van der Waals surface area contributed by atoms with Gasteiger partial charge in [-0.3, -0.25) is 0 Å². The van der Waals surface area contributed by atoms with Gasteiger partial charge in [-0.1, -0.05) is 31.5 Å².